The summed E-state index contributed by atoms with van der Waals surface area (Å²) in [4.78, 5) is 12.1. The predicted molar refractivity (Wildman–Crippen MR) is 77.1 cm³/mol. The van der Waals surface area contributed by atoms with Crippen molar-refractivity contribution in [2.45, 2.75) is 6.54 Å². The Labute approximate surface area is 117 Å². The number of aromatic nitrogens is 3. The van der Waals surface area contributed by atoms with Gasteiger partial charge in [-0.1, -0.05) is 28.1 Å². The number of fused-ring (bicyclic) bond motifs is 1. The zero-order valence-corrected chi connectivity index (χ0v) is 11.5. The van der Waals surface area contributed by atoms with Gasteiger partial charge in [0.2, 0.25) is 0 Å². The standard InChI is InChI=1S/C13H11BrN4O/c14-10-5-4-9(11(15)7-10)8-18-13(19)17-6-2-1-3-12(17)16-18/h1-7H,8,15H2. The molecule has 0 aliphatic rings. The zero-order chi connectivity index (χ0) is 13.4. The number of halogens is 1. The normalized spacial score (nSPS) is 11.0. The summed E-state index contributed by atoms with van der Waals surface area (Å²) >= 11 is 3.36. The summed E-state index contributed by atoms with van der Waals surface area (Å²) in [5, 5.41) is 4.27. The SMILES string of the molecule is Nc1cc(Br)ccc1Cn1nc2ccccn2c1=O. The molecule has 0 bridgehead atoms. The van der Waals surface area contributed by atoms with E-state index in [2.05, 4.69) is 21.0 Å². The van der Waals surface area contributed by atoms with Crippen molar-refractivity contribution in [2.75, 3.05) is 5.73 Å². The molecule has 3 aromatic rings. The van der Waals surface area contributed by atoms with Gasteiger partial charge in [0, 0.05) is 16.4 Å². The number of pyridine rings is 1. The lowest BCUT2D eigenvalue weighted by Gasteiger charge is -2.05. The van der Waals surface area contributed by atoms with E-state index in [0.717, 1.165) is 10.0 Å². The van der Waals surface area contributed by atoms with Gasteiger partial charge in [-0.25, -0.2) is 9.48 Å². The Bertz CT molecular complexity index is 806. The molecule has 2 N–H and O–H groups in total. The van der Waals surface area contributed by atoms with Gasteiger partial charge in [0.15, 0.2) is 5.65 Å². The third-order valence-corrected chi connectivity index (χ3v) is 3.41. The van der Waals surface area contributed by atoms with Gasteiger partial charge < -0.3 is 5.73 Å². The first-order valence-corrected chi connectivity index (χ1v) is 6.52. The fraction of sp³-hybridized carbons (Fsp3) is 0.0769. The highest BCUT2D eigenvalue weighted by molar-refractivity contribution is 9.10. The first kappa shape index (κ1) is 12.0. The summed E-state index contributed by atoms with van der Waals surface area (Å²) in [6.07, 6.45) is 1.70. The molecule has 0 amide bonds. The van der Waals surface area contributed by atoms with Gasteiger partial charge in [-0.3, -0.25) is 4.40 Å². The van der Waals surface area contributed by atoms with E-state index in [-0.39, 0.29) is 5.69 Å². The van der Waals surface area contributed by atoms with Crippen LogP contribution in [-0.4, -0.2) is 14.2 Å². The molecule has 3 rings (SSSR count). The highest BCUT2D eigenvalue weighted by Gasteiger charge is 2.08. The summed E-state index contributed by atoms with van der Waals surface area (Å²) in [7, 11) is 0. The van der Waals surface area contributed by atoms with Crippen LogP contribution in [0.3, 0.4) is 0 Å². The Balaban J connectivity index is 2.06. The maximum absolute atomic E-state index is 12.1. The first-order valence-electron chi connectivity index (χ1n) is 5.73. The zero-order valence-electron chi connectivity index (χ0n) is 9.95. The minimum absolute atomic E-state index is 0.169. The molecule has 0 saturated carbocycles. The number of nitrogens with two attached hydrogens (primary N) is 1. The minimum Gasteiger partial charge on any atom is -0.398 e. The molecule has 5 nitrogen and oxygen atoms in total. The van der Waals surface area contributed by atoms with Crippen LogP contribution in [0.4, 0.5) is 5.69 Å². The van der Waals surface area contributed by atoms with Crippen molar-refractivity contribution < 1.29 is 0 Å². The number of nitrogen functional groups attached to an aromatic ring is 1. The number of rotatable bonds is 2. The molecule has 0 fully saturated rings. The van der Waals surface area contributed by atoms with E-state index in [4.69, 9.17) is 5.73 Å². The second-order valence-electron chi connectivity index (χ2n) is 4.21. The fourth-order valence-electron chi connectivity index (χ4n) is 1.94. The number of nitrogens with zero attached hydrogens (tertiary/aromatic N) is 3. The van der Waals surface area contributed by atoms with Crippen molar-refractivity contribution in [3.8, 4) is 0 Å². The molecule has 0 aliphatic carbocycles. The number of hydrogen-bond acceptors (Lipinski definition) is 3. The molecule has 2 aromatic heterocycles. The van der Waals surface area contributed by atoms with Gasteiger partial charge >= 0.3 is 5.69 Å². The molecule has 19 heavy (non-hydrogen) atoms. The molecule has 0 aliphatic heterocycles. The molecule has 0 radical (unpaired) electrons. The van der Waals surface area contributed by atoms with Crippen molar-refractivity contribution in [1.82, 2.24) is 14.2 Å². The van der Waals surface area contributed by atoms with Crippen LogP contribution in [0, 0.1) is 0 Å². The highest BCUT2D eigenvalue weighted by Crippen LogP contribution is 2.18. The topological polar surface area (TPSA) is 65.3 Å². The van der Waals surface area contributed by atoms with Crippen molar-refractivity contribution in [2.24, 2.45) is 0 Å². The van der Waals surface area contributed by atoms with E-state index in [0.29, 0.717) is 17.9 Å². The Morgan fingerprint density at radius 2 is 2.11 bits per heavy atom. The van der Waals surface area contributed by atoms with Gasteiger partial charge in [-0.05, 0) is 29.8 Å². The molecule has 0 unspecified atom stereocenters. The molecular formula is C13H11BrN4O. The number of anilines is 1. The largest absolute Gasteiger partial charge is 0.398 e. The van der Waals surface area contributed by atoms with E-state index in [1.807, 2.05) is 24.3 Å². The van der Waals surface area contributed by atoms with E-state index >= 15 is 0 Å². The van der Waals surface area contributed by atoms with Crippen LogP contribution in [0.25, 0.3) is 5.65 Å². The van der Waals surface area contributed by atoms with Crippen LogP contribution < -0.4 is 11.4 Å². The lowest BCUT2D eigenvalue weighted by atomic mass is 10.2. The Kier molecular flexibility index (Phi) is 2.87. The summed E-state index contributed by atoms with van der Waals surface area (Å²) in [6, 6.07) is 11.0. The average Bonchev–Trinajstić information content (AvgIpc) is 2.70. The maximum Gasteiger partial charge on any atom is 0.350 e. The van der Waals surface area contributed by atoms with Gasteiger partial charge in [0.05, 0.1) is 6.54 Å². The molecule has 0 atom stereocenters. The van der Waals surface area contributed by atoms with E-state index in [9.17, 15) is 4.79 Å². The molecule has 1 aromatic carbocycles. The predicted octanol–water partition coefficient (Wildman–Crippen LogP) is 1.89. The van der Waals surface area contributed by atoms with E-state index < -0.39 is 0 Å². The number of hydrogen-bond donors (Lipinski definition) is 1. The average molecular weight is 319 g/mol. The Hall–Kier alpha value is -2.08. The van der Waals surface area contributed by atoms with Crippen molar-refractivity contribution in [3.05, 3.63) is 63.1 Å². The first-order chi connectivity index (χ1) is 9.15. The lowest BCUT2D eigenvalue weighted by molar-refractivity contribution is 0.660. The third kappa shape index (κ3) is 2.15. The maximum atomic E-state index is 12.1. The van der Waals surface area contributed by atoms with Crippen molar-refractivity contribution in [1.29, 1.82) is 0 Å². The highest BCUT2D eigenvalue weighted by atomic mass is 79.9. The fourth-order valence-corrected chi connectivity index (χ4v) is 2.32. The molecule has 96 valence electrons. The quantitative estimate of drug-likeness (QED) is 0.734. The number of benzene rings is 1. The van der Waals surface area contributed by atoms with E-state index in [1.165, 1.54) is 9.08 Å². The van der Waals surface area contributed by atoms with E-state index in [1.54, 1.807) is 18.3 Å². The molecular weight excluding hydrogens is 308 g/mol. The van der Waals surface area contributed by atoms with Crippen LogP contribution in [0.15, 0.2) is 51.9 Å². The van der Waals surface area contributed by atoms with Crippen LogP contribution in [-0.2, 0) is 6.54 Å². The van der Waals surface area contributed by atoms with Crippen LogP contribution >= 0.6 is 15.9 Å². The molecule has 2 heterocycles. The summed E-state index contributed by atoms with van der Waals surface area (Å²) in [6.45, 7) is 0.361. The van der Waals surface area contributed by atoms with Gasteiger partial charge in [-0.2, -0.15) is 0 Å². The van der Waals surface area contributed by atoms with Gasteiger partial charge in [-0.15, -0.1) is 5.10 Å². The monoisotopic (exact) mass is 318 g/mol. The summed E-state index contributed by atoms with van der Waals surface area (Å²) < 4.78 is 3.83. The Morgan fingerprint density at radius 1 is 1.26 bits per heavy atom. The van der Waals surface area contributed by atoms with Crippen LogP contribution in [0.5, 0.6) is 0 Å². The van der Waals surface area contributed by atoms with Crippen molar-refractivity contribution in [3.63, 3.8) is 0 Å². The molecule has 0 spiro atoms. The van der Waals surface area contributed by atoms with Gasteiger partial charge in [0.25, 0.3) is 0 Å². The van der Waals surface area contributed by atoms with Gasteiger partial charge in [0.1, 0.15) is 0 Å². The third-order valence-electron chi connectivity index (χ3n) is 2.92. The summed E-state index contributed by atoms with van der Waals surface area (Å²) in [5.74, 6) is 0. The second-order valence-corrected chi connectivity index (χ2v) is 5.13. The Morgan fingerprint density at radius 3 is 2.84 bits per heavy atom. The second kappa shape index (κ2) is 4.55. The molecule has 0 saturated heterocycles. The lowest BCUT2D eigenvalue weighted by Crippen LogP contribution is -2.22. The smallest absolute Gasteiger partial charge is 0.350 e. The van der Waals surface area contributed by atoms with Crippen LogP contribution in [0.1, 0.15) is 5.56 Å². The summed E-state index contributed by atoms with van der Waals surface area (Å²) in [5.41, 5.74) is 7.90. The van der Waals surface area contributed by atoms with Crippen LogP contribution in [0.2, 0.25) is 0 Å². The molecule has 6 heteroatoms. The van der Waals surface area contributed by atoms with Crippen molar-refractivity contribution >= 4 is 27.3 Å². The minimum atomic E-state index is -0.169.